The van der Waals surface area contributed by atoms with Crippen LogP contribution in [0.25, 0.3) is 0 Å². The molecule has 19 heavy (non-hydrogen) atoms. The van der Waals surface area contributed by atoms with Gasteiger partial charge in [-0.25, -0.2) is 9.97 Å². The SMILES string of the molecule is CNCCCc1c(C)nc(C(OC)C(C)C)nc1C. The normalized spacial score (nSPS) is 13.0. The maximum absolute atomic E-state index is 5.51. The standard InChI is InChI=1S/C15H27N3O/c1-10(2)14(19-6)15-17-11(3)13(12(4)18-15)8-7-9-16-5/h10,14,16H,7-9H2,1-6H3. The second-order valence-electron chi connectivity index (χ2n) is 5.34. The van der Waals surface area contributed by atoms with Crippen molar-refractivity contribution in [3.05, 3.63) is 22.8 Å². The van der Waals surface area contributed by atoms with Gasteiger partial charge >= 0.3 is 0 Å². The number of aromatic nitrogens is 2. The highest BCUT2D eigenvalue weighted by Gasteiger charge is 2.20. The molecule has 4 nitrogen and oxygen atoms in total. The van der Waals surface area contributed by atoms with Crippen molar-refractivity contribution in [1.29, 1.82) is 0 Å². The Morgan fingerprint density at radius 1 is 1.16 bits per heavy atom. The smallest absolute Gasteiger partial charge is 0.157 e. The van der Waals surface area contributed by atoms with Gasteiger partial charge in [-0.3, -0.25) is 0 Å². The van der Waals surface area contributed by atoms with Crippen molar-refractivity contribution in [3.63, 3.8) is 0 Å². The molecule has 0 saturated carbocycles. The predicted octanol–water partition coefficient (Wildman–Crippen LogP) is 2.59. The molecule has 0 aliphatic heterocycles. The second kappa shape index (κ2) is 7.56. The van der Waals surface area contributed by atoms with E-state index in [9.17, 15) is 0 Å². The fourth-order valence-corrected chi connectivity index (χ4v) is 2.37. The van der Waals surface area contributed by atoms with Gasteiger partial charge in [0.05, 0.1) is 0 Å². The molecule has 0 amide bonds. The largest absolute Gasteiger partial charge is 0.373 e. The summed E-state index contributed by atoms with van der Waals surface area (Å²) in [5, 5.41) is 3.17. The first-order valence-corrected chi connectivity index (χ1v) is 7.02. The van der Waals surface area contributed by atoms with Crippen LogP contribution in [0.4, 0.5) is 0 Å². The molecule has 1 N–H and O–H groups in total. The lowest BCUT2D eigenvalue weighted by Crippen LogP contribution is -2.16. The molecule has 1 heterocycles. The third kappa shape index (κ3) is 4.25. The summed E-state index contributed by atoms with van der Waals surface area (Å²) in [6.07, 6.45) is 2.11. The molecule has 0 aliphatic rings. The van der Waals surface area contributed by atoms with Gasteiger partial charge in [0, 0.05) is 18.5 Å². The van der Waals surface area contributed by atoms with Crippen LogP contribution in [0.5, 0.6) is 0 Å². The molecule has 0 radical (unpaired) electrons. The molecule has 0 aliphatic carbocycles. The van der Waals surface area contributed by atoms with Crippen molar-refractivity contribution in [2.75, 3.05) is 20.7 Å². The summed E-state index contributed by atoms with van der Waals surface area (Å²) in [5.41, 5.74) is 3.44. The summed E-state index contributed by atoms with van der Waals surface area (Å²) in [4.78, 5) is 9.30. The number of methoxy groups -OCH3 is 1. The molecule has 4 heteroatoms. The molecule has 0 spiro atoms. The van der Waals surface area contributed by atoms with E-state index in [1.165, 1.54) is 5.56 Å². The van der Waals surface area contributed by atoms with Crippen LogP contribution in [0, 0.1) is 19.8 Å². The van der Waals surface area contributed by atoms with Crippen molar-refractivity contribution in [2.24, 2.45) is 5.92 Å². The van der Waals surface area contributed by atoms with E-state index >= 15 is 0 Å². The zero-order valence-electron chi connectivity index (χ0n) is 13.1. The Morgan fingerprint density at radius 3 is 2.16 bits per heavy atom. The number of hydrogen-bond acceptors (Lipinski definition) is 4. The van der Waals surface area contributed by atoms with Crippen LogP contribution in [0.3, 0.4) is 0 Å². The molecule has 1 aromatic rings. The van der Waals surface area contributed by atoms with E-state index in [0.717, 1.165) is 36.6 Å². The van der Waals surface area contributed by atoms with E-state index in [1.807, 2.05) is 7.05 Å². The summed E-state index contributed by atoms with van der Waals surface area (Å²) in [6, 6.07) is 0. The van der Waals surface area contributed by atoms with Crippen LogP contribution in [0.15, 0.2) is 0 Å². The zero-order chi connectivity index (χ0) is 14.4. The number of nitrogens with zero attached hydrogens (tertiary/aromatic N) is 2. The van der Waals surface area contributed by atoms with Crippen LogP contribution in [0.2, 0.25) is 0 Å². The number of aryl methyl sites for hydroxylation is 2. The fourth-order valence-electron chi connectivity index (χ4n) is 2.37. The number of ether oxygens (including phenoxy) is 1. The lowest BCUT2D eigenvalue weighted by molar-refractivity contribution is 0.0571. The molecular weight excluding hydrogens is 238 g/mol. The van der Waals surface area contributed by atoms with Gasteiger partial charge in [0.25, 0.3) is 0 Å². The Balaban J connectivity index is 2.95. The molecule has 108 valence electrons. The van der Waals surface area contributed by atoms with Gasteiger partial charge < -0.3 is 10.1 Å². The molecule has 0 fully saturated rings. The Labute approximate surface area is 117 Å². The molecule has 0 aromatic carbocycles. The monoisotopic (exact) mass is 265 g/mol. The van der Waals surface area contributed by atoms with E-state index in [4.69, 9.17) is 4.74 Å². The Hall–Kier alpha value is -1.00. The highest BCUT2D eigenvalue weighted by Crippen LogP contribution is 2.24. The van der Waals surface area contributed by atoms with Gasteiger partial charge in [0.1, 0.15) is 6.10 Å². The van der Waals surface area contributed by atoms with Crippen molar-refractivity contribution in [1.82, 2.24) is 15.3 Å². The first kappa shape index (κ1) is 16.1. The van der Waals surface area contributed by atoms with E-state index in [1.54, 1.807) is 7.11 Å². The minimum atomic E-state index is -0.0243. The van der Waals surface area contributed by atoms with Gasteiger partial charge in [-0.2, -0.15) is 0 Å². The van der Waals surface area contributed by atoms with Gasteiger partial charge in [-0.1, -0.05) is 13.8 Å². The summed E-state index contributed by atoms with van der Waals surface area (Å²) in [7, 11) is 3.70. The molecule has 1 atom stereocenters. The van der Waals surface area contributed by atoms with Crippen LogP contribution in [0.1, 0.15) is 49.1 Å². The van der Waals surface area contributed by atoms with Crippen LogP contribution in [-0.4, -0.2) is 30.7 Å². The number of hydrogen-bond donors (Lipinski definition) is 1. The van der Waals surface area contributed by atoms with Gasteiger partial charge in [-0.05, 0) is 51.8 Å². The first-order valence-electron chi connectivity index (χ1n) is 7.02. The zero-order valence-corrected chi connectivity index (χ0v) is 13.1. The quantitative estimate of drug-likeness (QED) is 0.770. The molecule has 0 bridgehead atoms. The van der Waals surface area contributed by atoms with E-state index in [-0.39, 0.29) is 6.10 Å². The van der Waals surface area contributed by atoms with Crippen molar-refractivity contribution in [2.45, 2.75) is 46.6 Å². The third-order valence-corrected chi connectivity index (χ3v) is 3.41. The van der Waals surface area contributed by atoms with Crippen LogP contribution in [-0.2, 0) is 11.2 Å². The topological polar surface area (TPSA) is 47.0 Å². The van der Waals surface area contributed by atoms with E-state index in [0.29, 0.717) is 5.92 Å². The lowest BCUT2D eigenvalue weighted by Gasteiger charge is -2.20. The number of nitrogens with one attached hydrogen (secondary N) is 1. The fraction of sp³-hybridized carbons (Fsp3) is 0.733. The average Bonchev–Trinajstić information content (AvgIpc) is 2.33. The molecular formula is C15H27N3O. The maximum atomic E-state index is 5.51. The number of rotatable bonds is 7. The minimum absolute atomic E-state index is 0.0243. The van der Waals surface area contributed by atoms with Crippen molar-refractivity contribution < 1.29 is 4.74 Å². The Morgan fingerprint density at radius 2 is 1.74 bits per heavy atom. The maximum Gasteiger partial charge on any atom is 0.157 e. The highest BCUT2D eigenvalue weighted by atomic mass is 16.5. The minimum Gasteiger partial charge on any atom is -0.373 e. The molecule has 1 aromatic heterocycles. The first-order chi connectivity index (χ1) is 9.01. The lowest BCUT2D eigenvalue weighted by atomic mass is 10.0. The molecule has 0 saturated heterocycles. The second-order valence-corrected chi connectivity index (χ2v) is 5.34. The highest BCUT2D eigenvalue weighted by molar-refractivity contribution is 5.25. The van der Waals surface area contributed by atoms with E-state index < -0.39 is 0 Å². The van der Waals surface area contributed by atoms with Crippen molar-refractivity contribution in [3.8, 4) is 0 Å². The summed E-state index contributed by atoms with van der Waals surface area (Å²) >= 11 is 0. The van der Waals surface area contributed by atoms with Gasteiger partial charge in [-0.15, -0.1) is 0 Å². The van der Waals surface area contributed by atoms with E-state index in [2.05, 4.69) is 43.0 Å². The summed E-state index contributed by atoms with van der Waals surface area (Å²) in [5.74, 6) is 1.18. The summed E-state index contributed by atoms with van der Waals surface area (Å²) in [6.45, 7) is 9.42. The Kier molecular flexibility index (Phi) is 6.38. The molecule has 1 rings (SSSR count). The molecule has 1 unspecified atom stereocenters. The van der Waals surface area contributed by atoms with Gasteiger partial charge in [0.2, 0.25) is 0 Å². The predicted molar refractivity (Wildman–Crippen MR) is 78.3 cm³/mol. The third-order valence-electron chi connectivity index (χ3n) is 3.41. The summed E-state index contributed by atoms with van der Waals surface area (Å²) < 4.78 is 5.51. The van der Waals surface area contributed by atoms with Crippen LogP contribution >= 0.6 is 0 Å². The average molecular weight is 265 g/mol. The Bertz CT molecular complexity index is 381. The van der Waals surface area contributed by atoms with Crippen molar-refractivity contribution >= 4 is 0 Å². The van der Waals surface area contributed by atoms with Gasteiger partial charge in [0.15, 0.2) is 5.82 Å². The van der Waals surface area contributed by atoms with Crippen LogP contribution < -0.4 is 5.32 Å².